The molecule has 0 aliphatic carbocycles. The molecular weight excluding hydrogens is 166 g/mol. The van der Waals surface area contributed by atoms with Gasteiger partial charge in [-0.05, 0) is 20.8 Å². The summed E-state index contributed by atoms with van der Waals surface area (Å²) >= 11 is 0. The van der Waals surface area contributed by atoms with Crippen molar-refractivity contribution in [2.45, 2.75) is 26.8 Å². The van der Waals surface area contributed by atoms with E-state index in [-0.39, 0.29) is 11.9 Å². The van der Waals surface area contributed by atoms with Gasteiger partial charge in [0.1, 0.15) is 0 Å². The van der Waals surface area contributed by atoms with Gasteiger partial charge in [-0.15, -0.1) is 0 Å². The highest BCUT2D eigenvalue weighted by molar-refractivity contribution is 5.77. The number of nitriles is 1. The molecule has 0 saturated heterocycles. The van der Waals surface area contributed by atoms with Crippen molar-refractivity contribution in [3.05, 3.63) is 0 Å². The number of amides is 1. The van der Waals surface area contributed by atoms with Crippen LogP contribution in [0.2, 0.25) is 0 Å². The second kappa shape index (κ2) is 6.44. The number of rotatable bonds is 5. The maximum absolute atomic E-state index is 11.2. The minimum absolute atomic E-state index is 0.0218. The average molecular weight is 183 g/mol. The summed E-state index contributed by atoms with van der Waals surface area (Å²) in [5.41, 5.74) is 0. The molecule has 0 rings (SSSR count). The zero-order valence-corrected chi connectivity index (χ0v) is 8.50. The molecule has 0 fully saturated rings. The zero-order valence-electron chi connectivity index (χ0n) is 8.50. The summed E-state index contributed by atoms with van der Waals surface area (Å²) in [5, 5.41) is 11.2. The summed E-state index contributed by atoms with van der Waals surface area (Å²) < 4.78 is 0. The van der Waals surface area contributed by atoms with Crippen LogP contribution in [-0.2, 0) is 4.79 Å². The molecule has 0 atom stereocenters. The van der Waals surface area contributed by atoms with Gasteiger partial charge in [-0.1, -0.05) is 0 Å². The van der Waals surface area contributed by atoms with Crippen molar-refractivity contribution >= 4 is 5.91 Å². The molecule has 4 heteroatoms. The summed E-state index contributed by atoms with van der Waals surface area (Å²) in [6, 6.07) is 2.27. The fourth-order valence-corrected chi connectivity index (χ4v) is 0.949. The number of hydrogen-bond acceptors (Lipinski definition) is 3. The van der Waals surface area contributed by atoms with Crippen molar-refractivity contribution in [1.29, 1.82) is 5.26 Å². The number of nitrogens with one attached hydrogen (secondary N) is 1. The van der Waals surface area contributed by atoms with Crippen molar-refractivity contribution in [2.24, 2.45) is 0 Å². The van der Waals surface area contributed by atoms with Crippen LogP contribution >= 0.6 is 0 Å². The molecular formula is C9H17N3O. The van der Waals surface area contributed by atoms with Gasteiger partial charge in [0.2, 0.25) is 5.91 Å². The molecule has 0 aromatic heterocycles. The van der Waals surface area contributed by atoms with E-state index in [1.54, 1.807) is 0 Å². The molecule has 13 heavy (non-hydrogen) atoms. The minimum atomic E-state index is -0.0218. The van der Waals surface area contributed by atoms with Crippen molar-refractivity contribution in [2.75, 3.05) is 19.6 Å². The minimum Gasteiger partial charge on any atom is -0.355 e. The fourth-order valence-electron chi connectivity index (χ4n) is 0.949. The maximum Gasteiger partial charge on any atom is 0.234 e. The second-order valence-corrected chi connectivity index (χ2v) is 3.11. The van der Waals surface area contributed by atoms with Crippen molar-refractivity contribution in [3.63, 3.8) is 0 Å². The molecule has 0 heterocycles. The van der Waals surface area contributed by atoms with E-state index in [4.69, 9.17) is 5.26 Å². The summed E-state index contributed by atoms with van der Waals surface area (Å²) in [7, 11) is 0. The Bertz CT molecular complexity index is 196. The fraction of sp³-hybridized carbons (Fsp3) is 0.778. The Morgan fingerprint density at radius 1 is 1.62 bits per heavy atom. The van der Waals surface area contributed by atoms with E-state index in [1.165, 1.54) is 0 Å². The summed E-state index contributed by atoms with van der Waals surface area (Å²) in [5.74, 6) is -0.0218. The van der Waals surface area contributed by atoms with E-state index < -0.39 is 0 Å². The first kappa shape index (κ1) is 11.9. The van der Waals surface area contributed by atoms with Crippen LogP contribution in [0.15, 0.2) is 0 Å². The first-order valence-corrected chi connectivity index (χ1v) is 4.49. The second-order valence-electron chi connectivity index (χ2n) is 3.11. The van der Waals surface area contributed by atoms with Crippen LogP contribution in [-0.4, -0.2) is 36.5 Å². The summed E-state index contributed by atoms with van der Waals surface area (Å²) in [4.78, 5) is 13.0. The van der Waals surface area contributed by atoms with Crippen LogP contribution in [0.5, 0.6) is 0 Å². The van der Waals surface area contributed by atoms with Gasteiger partial charge in [-0.3, -0.25) is 9.69 Å². The van der Waals surface area contributed by atoms with Crippen LogP contribution in [0.25, 0.3) is 0 Å². The van der Waals surface area contributed by atoms with Gasteiger partial charge < -0.3 is 5.32 Å². The Labute approximate surface area is 79.5 Å². The van der Waals surface area contributed by atoms with Gasteiger partial charge >= 0.3 is 0 Å². The van der Waals surface area contributed by atoms with Gasteiger partial charge in [-0.2, -0.15) is 5.26 Å². The van der Waals surface area contributed by atoms with E-state index in [0.29, 0.717) is 19.6 Å². The van der Waals surface area contributed by atoms with E-state index in [9.17, 15) is 4.79 Å². The average Bonchev–Trinajstić information content (AvgIpc) is 2.04. The Kier molecular flexibility index (Phi) is 5.90. The van der Waals surface area contributed by atoms with Crippen LogP contribution in [0.1, 0.15) is 20.8 Å². The summed E-state index contributed by atoms with van der Waals surface area (Å²) in [6.07, 6.45) is 0. The van der Waals surface area contributed by atoms with Crippen molar-refractivity contribution < 1.29 is 4.79 Å². The molecule has 0 bridgehead atoms. The molecule has 0 spiro atoms. The lowest BCUT2D eigenvalue weighted by molar-refractivity contribution is -0.122. The lowest BCUT2D eigenvalue weighted by Gasteiger charge is -2.22. The number of hydrogen-bond donors (Lipinski definition) is 1. The Hall–Kier alpha value is -1.08. The van der Waals surface area contributed by atoms with Crippen molar-refractivity contribution in [1.82, 2.24) is 10.2 Å². The third-order valence-electron chi connectivity index (χ3n) is 1.72. The molecule has 4 nitrogen and oxygen atoms in total. The highest BCUT2D eigenvalue weighted by atomic mass is 16.2. The number of carbonyl (C=O) groups excluding carboxylic acids is 1. The molecule has 0 aliphatic heterocycles. The monoisotopic (exact) mass is 183 g/mol. The van der Waals surface area contributed by atoms with Crippen LogP contribution in [0, 0.1) is 11.3 Å². The van der Waals surface area contributed by atoms with Gasteiger partial charge in [-0.25, -0.2) is 0 Å². The normalized spacial score (nSPS) is 10.2. The largest absolute Gasteiger partial charge is 0.355 e. The lowest BCUT2D eigenvalue weighted by atomic mass is 10.3. The SMILES string of the molecule is CCNC(=O)CN(CC#N)C(C)C. The molecule has 0 radical (unpaired) electrons. The molecule has 0 aliphatic rings. The topological polar surface area (TPSA) is 56.1 Å². The van der Waals surface area contributed by atoms with E-state index in [0.717, 1.165) is 0 Å². The highest BCUT2D eigenvalue weighted by Gasteiger charge is 2.12. The standard InChI is InChI=1S/C9H17N3O/c1-4-11-9(13)7-12(6-5-10)8(2)3/h8H,4,6-7H2,1-3H3,(H,11,13). The van der Waals surface area contributed by atoms with E-state index in [1.807, 2.05) is 31.7 Å². The number of likely N-dealkylation sites (N-methyl/N-ethyl adjacent to an activating group) is 1. The van der Waals surface area contributed by atoms with Crippen LogP contribution in [0.4, 0.5) is 0 Å². The summed E-state index contributed by atoms with van der Waals surface area (Å²) in [6.45, 7) is 7.06. The van der Waals surface area contributed by atoms with Gasteiger partial charge in [0.25, 0.3) is 0 Å². The first-order chi connectivity index (χ1) is 6.11. The van der Waals surface area contributed by atoms with Crippen LogP contribution in [0.3, 0.4) is 0 Å². The van der Waals surface area contributed by atoms with Gasteiger partial charge in [0.15, 0.2) is 0 Å². The van der Waals surface area contributed by atoms with E-state index >= 15 is 0 Å². The molecule has 0 unspecified atom stereocenters. The lowest BCUT2D eigenvalue weighted by Crippen LogP contribution is -2.40. The molecule has 1 N–H and O–H groups in total. The third-order valence-corrected chi connectivity index (χ3v) is 1.72. The number of carbonyl (C=O) groups is 1. The molecule has 0 saturated carbocycles. The van der Waals surface area contributed by atoms with Gasteiger partial charge in [0, 0.05) is 12.6 Å². The van der Waals surface area contributed by atoms with Crippen molar-refractivity contribution in [3.8, 4) is 6.07 Å². The van der Waals surface area contributed by atoms with Crippen LogP contribution < -0.4 is 5.32 Å². The Morgan fingerprint density at radius 2 is 2.23 bits per heavy atom. The molecule has 0 aromatic rings. The Balaban J connectivity index is 3.96. The quantitative estimate of drug-likeness (QED) is 0.626. The maximum atomic E-state index is 11.2. The van der Waals surface area contributed by atoms with E-state index in [2.05, 4.69) is 5.32 Å². The van der Waals surface area contributed by atoms with Gasteiger partial charge in [0.05, 0.1) is 19.2 Å². The third kappa shape index (κ3) is 5.21. The Morgan fingerprint density at radius 3 is 2.62 bits per heavy atom. The number of nitrogens with zero attached hydrogens (tertiary/aromatic N) is 2. The predicted molar refractivity (Wildman–Crippen MR) is 51.0 cm³/mol. The molecule has 1 amide bonds. The molecule has 74 valence electrons. The predicted octanol–water partition coefficient (Wildman–Crippen LogP) is 0.356. The smallest absolute Gasteiger partial charge is 0.234 e. The zero-order chi connectivity index (χ0) is 10.3. The first-order valence-electron chi connectivity index (χ1n) is 4.49. The highest BCUT2D eigenvalue weighted by Crippen LogP contribution is 1.95. The molecule has 0 aromatic carbocycles.